The second-order valence-corrected chi connectivity index (χ2v) is 14.3. The number of nitrogens with one attached hydrogen (secondary N) is 2. The molecule has 2 amide bonds. The van der Waals surface area contributed by atoms with Gasteiger partial charge in [0.25, 0.3) is 0 Å². The highest BCUT2D eigenvalue weighted by Gasteiger charge is 2.39. The Morgan fingerprint density at radius 1 is 0.782 bits per heavy atom. The van der Waals surface area contributed by atoms with Crippen molar-refractivity contribution in [1.29, 1.82) is 0 Å². The van der Waals surface area contributed by atoms with Crippen molar-refractivity contribution in [2.45, 2.75) is 64.0 Å². The quantitative estimate of drug-likeness (QED) is 0.0993. The first-order valence-electron chi connectivity index (χ1n) is 18.8. The van der Waals surface area contributed by atoms with Crippen LogP contribution in [0.4, 0.5) is 4.79 Å². The molecular weight excluding hydrogens is 691 g/mol. The van der Waals surface area contributed by atoms with Gasteiger partial charge in [-0.2, -0.15) is 0 Å². The van der Waals surface area contributed by atoms with Gasteiger partial charge in [-0.25, -0.2) is 9.59 Å². The summed E-state index contributed by atoms with van der Waals surface area (Å²) in [5.41, 5.74) is 7.82. The average molecular weight is 742 g/mol. The first-order valence-corrected chi connectivity index (χ1v) is 18.8. The Bertz CT molecular complexity index is 1990. The highest BCUT2D eigenvalue weighted by Crippen LogP contribution is 2.43. The zero-order chi connectivity index (χ0) is 38.7. The third-order valence-electron chi connectivity index (χ3n) is 10.5. The van der Waals surface area contributed by atoms with Crippen LogP contribution in [0.1, 0.15) is 65.7 Å². The number of carbonyl (C=O) groups is 2. The Labute approximate surface area is 324 Å². The molecule has 5 aromatic carbocycles. The first-order chi connectivity index (χ1) is 26.7. The topological polar surface area (TPSA) is 109 Å². The number of aliphatic hydroxyl groups excluding tert-OH is 1. The maximum absolute atomic E-state index is 12.9. The van der Waals surface area contributed by atoms with Gasteiger partial charge in [0.05, 0.1) is 25.9 Å². The molecule has 0 aliphatic carbocycles. The number of benzene rings is 5. The van der Waals surface area contributed by atoms with Gasteiger partial charge < -0.3 is 30.0 Å². The third kappa shape index (κ3) is 10.3. The van der Waals surface area contributed by atoms with Crippen molar-refractivity contribution in [3.8, 4) is 11.1 Å². The largest absolute Gasteiger partial charge is 0.467 e. The van der Waals surface area contributed by atoms with Crippen LogP contribution >= 0.6 is 0 Å². The minimum atomic E-state index is -0.819. The number of aliphatic hydroxyl groups is 1. The summed E-state index contributed by atoms with van der Waals surface area (Å²) >= 11 is 0. The average Bonchev–Trinajstić information content (AvgIpc) is 3.23. The van der Waals surface area contributed by atoms with Gasteiger partial charge >= 0.3 is 12.0 Å². The molecule has 6 rings (SSSR count). The van der Waals surface area contributed by atoms with Crippen LogP contribution in [0.3, 0.4) is 0 Å². The molecule has 286 valence electrons. The van der Waals surface area contributed by atoms with E-state index >= 15 is 0 Å². The minimum absolute atomic E-state index is 0.0141. The van der Waals surface area contributed by atoms with Crippen LogP contribution in [0.5, 0.6) is 0 Å². The van der Waals surface area contributed by atoms with E-state index in [2.05, 4.69) is 72.8 Å². The molecule has 9 heteroatoms. The number of ether oxygens (including phenoxy) is 3. The van der Waals surface area contributed by atoms with Gasteiger partial charge in [-0.05, 0) is 65.0 Å². The number of urea groups is 1. The molecule has 0 unspecified atom stereocenters. The van der Waals surface area contributed by atoms with Crippen LogP contribution < -0.4 is 10.6 Å². The molecule has 0 saturated carbocycles. The number of methoxy groups -OCH3 is 1. The van der Waals surface area contributed by atoms with Gasteiger partial charge in [0, 0.05) is 37.0 Å². The van der Waals surface area contributed by atoms with E-state index in [4.69, 9.17) is 14.2 Å². The Kier molecular flexibility index (Phi) is 13.5. The molecule has 1 saturated heterocycles. The number of carbonyl (C=O) groups excluding carboxylic acids is 2. The van der Waals surface area contributed by atoms with Gasteiger partial charge in [-0.15, -0.1) is 0 Å². The molecule has 0 bridgehead atoms. The van der Waals surface area contributed by atoms with Crippen LogP contribution in [0.25, 0.3) is 11.1 Å². The van der Waals surface area contributed by atoms with Gasteiger partial charge in [0.15, 0.2) is 6.29 Å². The monoisotopic (exact) mass is 741 g/mol. The highest BCUT2D eigenvalue weighted by molar-refractivity contribution is 5.83. The second kappa shape index (κ2) is 18.8. The van der Waals surface area contributed by atoms with Gasteiger partial charge in [-0.3, -0.25) is 4.90 Å². The van der Waals surface area contributed by atoms with E-state index in [-0.39, 0.29) is 37.3 Å². The molecular formula is C46H51N3O6. The Hall–Kier alpha value is -5.32. The molecule has 55 heavy (non-hydrogen) atoms. The predicted octanol–water partition coefficient (Wildman–Crippen LogP) is 7.91. The van der Waals surface area contributed by atoms with Gasteiger partial charge in [0.2, 0.25) is 0 Å². The second-order valence-electron chi connectivity index (χ2n) is 14.3. The summed E-state index contributed by atoms with van der Waals surface area (Å²) in [5.74, 6) is -0.459. The summed E-state index contributed by atoms with van der Waals surface area (Å²) in [5, 5.41) is 15.3. The fourth-order valence-corrected chi connectivity index (χ4v) is 7.06. The smallest absolute Gasteiger partial charge is 0.328 e. The molecule has 5 aromatic rings. The Morgan fingerprint density at radius 3 is 2.13 bits per heavy atom. The van der Waals surface area contributed by atoms with Crippen molar-refractivity contribution < 1.29 is 28.9 Å². The molecule has 1 aliphatic rings. The Balaban J connectivity index is 1.17. The standard InChI is InChI=1S/C46H51N3O6/c1-31-42(29-49(3)32(2)36-16-9-6-10-17-36)54-45(55-43(31)37-23-21-34(30-50)22-24-37)40-20-12-19-39(27-40)38-18-11-15-35(25-38)28-47-46(52)48-41(44(51)53-4)26-33-13-7-5-8-14-33/h5-25,27,31-32,41-43,45,50H,26,28-30H2,1-4H3,(H2,47,48,52)/t31-,32+,41+,42+,43+,45+/m1/s1. The molecule has 0 radical (unpaired) electrons. The van der Waals surface area contributed by atoms with E-state index in [1.165, 1.54) is 12.7 Å². The summed E-state index contributed by atoms with van der Waals surface area (Å²) < 4.78 is 18.6. The van der Waals surface area contributed by atoms with Crippen LogP contribution in [0.15, 0.2) is 133 Å². The van der Waals surface area contributed by atoms with E-state index in [0.29, 0.717) is 13.0 Å². The molecule has 1 fully saturated rings. The van der Waals surface area contributed by atoms with Gasteiger partial charge in [0.1, 0.15) is 6.04 Å². The lowest BCUT2D eigenvalue weighted by Gasteiger charge is -2.43. The van der Waals surface area contributed by atoms with E-state index in [1.54, 1.807) is 0 Å². The number of esters is 1. The van der Waals surface area contributed by atoms with E-state index < -0.39 is 24.3 Å². The van der Waals surface area contributed by atoms with Crippen molar-refractivity contribution in [2.75, 3.05) is 20.7 Å². The Morgan fingerprint density at radius 2 is 1.44 bits per heavy atom. The lowest BCUT2D eigenvalue weighted by Crippen LogP contribution is -2.47. The number of hydrogen-bond acceptors (Lipinski definition) is 7. The number of nitrogens with zero attached hydrogens (tertiary/aromatic N) is 1. The maximum Gasteiger partial charge on any atom is 0.328 e. The SMILES string of the molecule is COC(=O)[C@H](Cc1ccccc1)NC(=O)NCc1cccc(-c2cccc([C@H]3O[C@@H](CN(C)[C@@H](C)c4ccccc4)[C@@H](C)[C@@H](c4ccc(CO)cc4)O3)c2)c1. The third-order valence-corrected chi connectivity index (χ3v) is 10.5. The number of rotatable bonds is 14. The summed E-state index contributed by atoms with van der Waals surface area (Å²) in [6.07, 6.45) is -0.654. The summed E-state index contributed by atoms with van der Waals surface area (Å²) in [6, 6.07) is 43.1. The highest BCUT2D eigenvalue weighted by atomic mass is 16.7. The maximum atomic E-state index is 12.9. The molecule has 0 aromatic heterocycles. The molecule has 9 nitrogen and oxygen atoms in total. The van der Waals surface area contributed by atoms with Crippen LogP contribution in [-0.2, 0) is 38.6 Å². The van der Waals surface area contributed by atoms with Crippen molar-refractivity contribution in [3.63, 3.8) is 0 Å². The van der Waals surface area contributed by atoms with E-state index in [1.807, 2.05) is 97.1 Å². The zero-order valence-corrected chi connectivity index (χ0v) is 31.9. The zero-order valence-electron chi connectivity index (χ0n) is 31.9. The van der Waals surface area contributed by atoms with Crippen molar-refractivity contribution in [1.82, 2.24) is 15.5 Å². The number of likely N-dealkylation sites (N-methyl/N-ethyl adjacent to an activating group) is 1. The summed E-state index contributed by atoms with van der Waals surface area (Å²) in [4.78, 5) is 27.7. The van der Waals surface area contributed by atoms with E-state index in [0.717, 1.165) is 38.9 Å². The lowest BCUT2D eigenvalue weighted by atomic mass is 9.89. The van der Waals surface area contributed by atoms with Crippen LogP contribution in [0, 0.1) is 5.92 Å². The lowest BCUT2D eigenvalue weighted by molar-refractivity contribution is -0.276. The number of hydrogen-bond donors (Lipinski definition) is 3. The first kappa shape index (κ1) is 39.4. The normalized spacial score (nSPS) is 19.3. The minimum Gasteiger partial charge on any atom is -0.467 e. The molecule has 0 spiro atoms. The van der Waals surface area contributed by atoms with Crippen LogP contribution in [-0.4, -0.2) is 54.9 Å². The van der Waals surface area contributed by atoms with Crippen molar-refractivity contribution >= 4 is 12.0 Å². The van der Waals surface area contributed by atoms with Crippen molar-refractivity contribution in [3.05, 3.63) is 167 Å². The predicted molar refractivity (Wildman–Crippen MR) is 214 cm³/mol. The molecule has 1 heterocycles. The summed E-state index contributed by atoms with van der Waals surface area (Å²) in [6.45, 7) is 5.35. The van der Waals surface area contributed by atoms with Crippen molar-refractivity contribution in [2.24, 2.45) is 5.92 Å². The van der Waals surface area contributed by atoms with Crippen LogP contribution in [0.2, 0.25) is 0 Å². The number of amides is 2. The molecule has 3 N–H and O–H groups in total. The summed E-state index contributed by atoms with van der Waals surface area (Å²) in [7, 11) is 3.45. The fourth-order valence-electron chi connectivity index (χ4n) is 7.06. The molecule has 6 atom stereocenters. The molecule has 1 aliphatic heterocycles. The fraction of sp³-hybridized carbons (Fsp3) is 0.304. The van der Waals surface area contributed by atoms with E-state index in [9.17, 15) is 14.7 Å². The van der Waals surface area contributed by atoms with Gasteiger partial charge in [-0.1, -0.05) is 128 Å².